The molecule has 3 aromatic rings. The predicted octanol–water partition coefficient (Wildman–Crippen LogP) is 7.92. The van der Waals surface area contributed by atoms with Crippen molar-refractivity contribution < 1.29 is 0 Å². The van der Waals surface area contributed by atoms with Gasteiger partial charge in [-0.1, -0.05) is 90.0 Å². The Morgan fingerprint density at radius 2 is 1.38 bits per heavy atom. The molecule has 3 aromatic carbocycles. The number of halogens is 2. The summed E-state index contributed by atoms with van der Waals surface area (Å²) in [5.74, 6) is 1.79. The van der Waals surface area contributed by atoms with Gasteiger partial charge in [0.1, 0.15) is 0 Å². The summed E-state index contributed by atoms with van der Waals surface area (Å²) in [5, 5.41) is 1.27. The fraction of sp³-hybridized carbons (Fsp3) is 0.185. The van der Waals surface area contributed by atoms with E-state index in [0.29, 0.717) is 33.7 Å². The lowest BCUT2D eigenvalue weighted by molar-refractivity contribution is 0.332. The zero-order chi connectivity index (χ0) is 19.7. The van der Waals surface area contributed by atoms with Crippen LogP contribution in [-0.4, -0.2) is 0 Å². The Morgan fingerprint density at radius 1 is 0.724 bits per heavy atom. The van der Waals surface area contributed by atoms with Crippen molar-refractivity contribution in [3.05, 3.63) is 117 Å². The minimum Gasteiger partial charge on any atom is -0.0827 e. The number of hydrogen-bond donors (Lipinski definition) is 0. The van der Waals surface area contributed by atoms with Crippen LogP contribution in [0.25, 0.3) is 11.1 Å². The third-order valence-corrected chi connectivity index (χ3v) is 7.86. The minimum absolute atomic E-state index is 0.364. The molecule has 0 fully saturated rings. The van der Waals surface area contributed by atoms with Gasteiger partial charge in [-0.15, -0.1) is 0 Å². The summed E-state index contributed by atoms with van der Waals surface area (Å²) in [5.41, 5.74) is 9.38. The lowest BCUT2D eigenvalue weighted by Crippen LogP contribution is -2.39. The van der Waals surface area contributed by atoms with E-state index in [4.69, 9.17) is 23.2 Å². The van der Waals surface area contributed by atoms with E-state index >= 15 is 0 Å². The second-order valence-electron chi connectivity index (χ2n) is 8.41. The first-order chi connectivity index (χ1) is 14.1. The van der Waals surface area contributed by atoms with Crippen molar-refractivity contribution in [3.63, 3.8) is 0 Å². The predicted molar refractivity (Wildman–Crippen MR) is 122 cm³/mol. The van der Waals surface area contributed by atoms with Crippen LogP contribution in [0.15, 0.2) is 78.9 Å². The average Bonchev–Trinajstić information content (AvgIpc) is 2.76. The topological polar surface area (TPSA) is 0 Å². The van der Waals surface area contributed by atoms with E-state index in [2.05, 4.69) is 72.8 Å². The maximum absolute atomic E-state index is 6.47. The standard InChI is InChI=1S/C27H20Cl2/c1-15-13-16(14-23(28)27(15)29)17-11-6-12-22-24-18-7-2-4-9-20(18)26(25(17)22)21-10-5-3-8-19(21)24/h2-14,18,20,24,26H,1H3. The van der Waals surface area contributed by atoms with E-state index < -0.39 is 0 Å². The average molecular weight is 415 g/mol. The first-order valence-electron chi connectivity index (χ1n) is 10.2. The maximum Gasteiger partial charge on any atom is 0.0621 e. The van der Waals surface area contributed by atoms with E-state index in [1.807, 2.05) is 13.0 Å². The molecule has 4 atom stereocenters. The summed E-state index contributed by atoms with van der Waals surface area (Å²) in [6, 6.07) is 20.0. The van der Waals surface area contributed by atoms with Crippen LogP contribution in [0.1, 0.15) is 39.7 Å². The van der Waals surface area contributed by atoms with Gasteiger partial charge in [0.25, 0.3) is 0 Å². The van der Waals surface area contributed by atoms with Gasteiger partial charge in [0.2, 0.25) is 0 Å². The summed E-state index contributed by atoms with van der Waals surface area (Å²) >= 11 is 12.8. The lowest BCUT2D eigenvalue weighted by Gasteiger charge is -2.50. The Labute approximate surface area is 181 Å². The van der Waals surface area contributed by atoms with Crippen molar-refractivity contribution in [1.29, 1.82) is 0 Å². The molecule has 4 aliphatic carbocycles. The van der Waals surface area contributed by atoms with Crippen molar-refractivity contribution in [3.8, 4) is 11.1 Å². The Kier molecular flexibility index (Phi) is 3.85. The fourth-order valence-corrected chi connectivity index (χ4v) is 6.23. The first kappa shape index (κ1) is 17.6. The lowest BCUT2D eigenvalue weighted by atomic mass is 9.52. The van der Waals surface area contributed by atoms with E-state index in [1.54, 1.807) is 0 Å². The molecule has 4 aliphatic rings. The monoisotopic (exact) mass is 414 g/mol. The van der Waals surface area contributed by atoms with Crippen LogP contribution in [0.5, 0.6) is 0 Å². The van der Waals surface area contributed by atoms with Crippen molar-refractivity contribution >= 4 is 23.2 Å². The molecule has 142 valence electrons. The molecule has 0 aromatic heterocycles. The molecule has 7 rings (SSSR count). The summed E-state index contributed by atoms with van der Waals surface area (Å²) in [6.07, 6.45) is 9.27. The van der Waals surface area contributed by atoms with Gasteiger partial charge in [0, 0.05) is 11.8 Å². The summed E-state index contributed by atoms with van der Waals surface area (Å²) in [6.45, 7) is 2.03. The zero-order valence-corrected chi connectivity index (χ0v) is 17.6. The molecule has 0 heterocycles. The second kappa shape index (κ2) is 6.36. The highest BCUT2D eigenvalue weighted by Crippen LogP contribution is 2.61. The summed E-state index contributed by atoms with van der Waals surface area (Å²) < 4.78 is 0. The van der Waals surface area contributed by atoms with Crippen LogP contribution in [0.4, 0.5) is 0 Å². The third kappa shape index (κ3) is 2.40. The second-order valence-corrected chi connectivity index (χ2v) is 9.19. The van der Waals surface area contributed by atoms with Crippen LogP contribution in [0.2, 0.25) is 10.0 Å². The van der Waals surface area contributed by atoms with Crippen LogP contribution in [0.3, 0.4) is 0 Å². The zero-order valence-electron chi connectivity index (χ0n) is 16.1. The molecule has 0 aliphatic heterocycles. The molecule has 0 saturated heterocycles. The van der Waals surface area contributed by atoms with Crippen LogP contribution < -0.4 is 0 Å². The molecule has 0 nitrogen and oxygen atoms in total. The fourth-order valence-electron chi connectivity index (χ4n) is 5.86. The van der Waals surface area contributed by atoms with Gasteiger partial charge < -0.3 is 0 Å². The highest BCUT2D eigenvalue weighted by atomic mass is 35.5. The van der Waals surface area contributed by atoms with Crippen molar-refractivity contribution in [2.75, 3.05) is 0 Å². The smallest absolute Gasteiger partial charge is 0.0621 e. The van der Waals surface area contributed by atoms with Crippen LogP contribution in [-0.2, 0) is 0 Å². The molecular weight excluding hydrogens is 395 g/mol. The Morgan fingerprint density at radius 3 is 2.10 bits per heavy atom. The molecule has 4 unspecified atom stereocenters. The molecule has 0 spiro atoms. The van der Waals surface area contributed by atoms with Crippen molar-refractivity contribution in [1.82, 2.24) is 0 Å². The quantitative estimate of drug-likeness (QED) is 0.379. The summed E-state index contributed by atoms with van der Waals surface area (Å²) in [4.78, 5) is 0. The van der Waals surface area contributed by atoms with E-state index in [-0.39, 0.29) is 0 Å². The number of allylic oxidation sites excluding steroid dienone is 4. The molecule has 2 heteroatoms. The van der Waals surface area contributed by atoms with Gasteiger partial charge >= 0.3 is 0 Å². The number of hydrogen-bond acceptors (Lipinski definition) is 0. The van der Waals surface area contributed by atoms with Gasteiger partial charge in [0.15, 0.2) is 0 Å². The molecule has 0 saturated carbocycles. The van der Waals surface area contributed by atoms with Gasteiger partial charge in [-0.25, -0.2) is 0 Å². The first-order valence-corrected chi connectivity index (χ1v) is 10.9. The molecule has 0 amide bonds. The van der Waals surface area contributed by atoms with Gasteiger partial charge in [-0.3, -0.25) is 0 Å². The van der Waals surface area contributed by atoms with Gasteiger partial charge in [0.05, 0.1) is 10.0 Å². The van der Waals surface area contributed by atoms with Crippen LogP contribution in [0, 0.1) is 18.8 Å². The third-order valence-electron chi connectivity index (χ3n) is 6.97. The molecular formula is C27H20Cl2. The van der Waals surface area contributed by atoms with E-state index in [0.717, 1.165) is 11.1 Å². The van der Waals surface area contributed by atoms with Crippen molar-refractivity contribution in [2.24, 2.45) is 11.8 Å². The van der Waals surface area contributed by atoms with E-state index in [9.17, 15) is 0 Å². The molecule has 2 bridgehead atoms. The van der Waals surface area contributed by atoms with Crippen molar-refractivity contribution in [2.45, 2.75) is 18.8 Å². The Hall–Kier alpha value is -2.28. The SMILES string of the molecule is Cc1cc(-c2cccc3c2C2c4ccccc4C3C3C=CC=CC23)cc(Cl)c1Cl. The molecule has 0 N–H and O–H groups in total. The maximum atomic E-state index is 6.47. The number of benzene rings is 3. The van der Waals surface area contributed by atoms with Gasteiger partial charge in [-0.05, 0) is 69.8 Å². The largest absolute Gasteiger partial charge is 0.0827 e. The normalized spacial score (nSPS) is 25.5. The van der Waals surface area contributed by atoms with Gasteiger partial charge in [-0.2, -0.15) is 0 Å². The highest BCUT2D eigenvalue weighted by Gasteiger charge is 2.49. The Balaban J connectivity index is 1.65. The number of aryl methyl sites for hydroxylation is 1. The number of rotatable bonds is 1. The van der Waals surface area contributed by atoms with Crippen LogP contribution >= 0.6 is 23.2 Å². The Bertz CT molecular complexity index is 1190. The van der Waals surface area contributed by atoms with E-state index in [1.165, 1.54) is 27.8 Å². The molecule has 0 radical (unpaired) electrons. The highest BCUT2D eigenvalue weighted by molar-refractivity contribution is 6.42. The minimum atomic E-state index is 0.364. The summed E-state index contributed by atoms with van der Waals surface area (Å²) in [7, 11) is 0. The molecule has 29 heavy (non-hydrogen) atoms.